The Morgan fingerprint density at radius 1 is 0.467 bits per heavy atom. The Hall–Kier alpha value is -5.64. The van der Waals surface area contributed by atoms with Crippen molar-refractivity contribution in [2.24, 2.45) is 0 Å². The van der Waals surface area contributed by atoms with Crippen molar-refractivity contribution in [1.29, 1.82) is 0 Å². The Morgan fingerprint density at radius 2 is 1.02 bits per heavy atom. The number of aromatic nitrogens is 1. The van der Waals surface area contributed by atoms with Gasteiger partial charge in [0, 0.05) is 22.2 Å². The number of benzene rings is 7. The summed E-state index contributed by atoms with van der Waals surface area (Å²) in [6.45, 7) is 0. The normalized spacial score (nSPS) is 16.7. The molecule has 1 aliphatic rings. The summed E-state index contributed by atoms with van der Waals surface area (Å²) in [6, 6.07) is 57.0. The van der Waals surface area contributed by atoms with Gasteiger partial charge in [0.15, 0.2) is 0 Å². The Morgan fingerprint density at radius 3 is 1.64 bits per heavy atom. The SMILES string of the molecule is C1=C(c2ccccc2)NC(c2ccc(-n3c4ccc5ccccc5c4c4c5ccccc5ccc43)cc2)NC1c1ccccc1. The number of hydrogen-bond donors (Lipinski definition) is 2. The smallest absolute Gasteiger partial charge is 0.104 e. The molecule has 1 aromatic heterocycles. The maximum atomic E-state index is 3.85. The molecule has 214 valence electrons. The van der Waals surface area contributed by atoms with E-state index in [0.29, 0.717) is 0 Å². The molecule has 0 saturated carbocycles. The summed E-state index contributed by atoms with van der Waals surface area (Å²) in [6.07, 6.45) is 2.25. The second kappa shape index (κ2) is 10.5. The monoisotopic (exact) mass is 577 g/mol. The molecule has 8 aromatic rings. The molecule has 0 amide bonds. The Bertz CT molecular complexity index is 2280. The number of hydrogen-bond acceptors (Lipinski definition) is 2. The van der Waals surface area contributed by atoms with Crippen LogP contribution in [-0.2, 0) is 0 Å². The summed E-state index contributed by atoms with van der Waals surface area (Å²) in [5.41, 5.74) is 8.36. The summed E-state index contributed by atoms with van der Waals surface area (Å²) >= 11 is 0. The molecule has 0 saturated heterocycles. The van der Waals surface area contributed by atoms with E-state index in [4.69, 9.17) is 0 Å². The van der Waals surface area contributed by atoms with Gasteiger partial charge in [-0.25, -0.2) is 0 Å². The zero-order valence-corrected chi connectivity index (χ0v) is 24.7. The predicted octanol–water partition coefficient (Wildman–Crippen LogP) is 10.1. The number of nitrogens with zero attached hydrogens (tertiary/aromatic N) is 1. The highest BCUT2D eigenvalue weighted by molar-refractivity contribution is 6.28. The van der Waals surface area contributed by atoms with E-state index in [9.17, 15) is 0 Å². The Labute approximate surface area is 262 Å². The second-order valence-corrected chi connectivity index (χ2v) is 11.9. The van der Waals surface area contributed by atoms with Gasteiger partial charge in [-0.1, -0.05) is 133 Å². The van der Waals surface area contributed by atoms with Crippen LogP contribution in [0.5, 0.6) is 0 Å². The molecule has 45 heavy (non-hydrogen) atoms. The minimum Gasteiger partial charge on any atom is -0.366 e. The molecule has 9 rings (SSSR count). The van der Waals surface area contributed by atoms with Crippen LogP contribution in [-0.4, -0.2) is 4.57 Å². The molecule has 0 bridgehead atoms. The first-order valence-electron chi connectivity index (χ1n) is 15.6. The van der Waals surface area contributed by atoms with Crippen molar-refractivity contribution < 1.29 is 0 Å². The van der Waals surface area contributed by atoms with Gasteiger partial charge in [0.1, 0.15) is 6.17 Å². The van der Waals surface area contributed by atoms with E-state index in [-0.39, 0.29) is 12.2 Å². The molecule has 2 N–H and O–H groups in total. The predicted molar refractivity (Wildman–Crippen MR) is 188 cm³/mol. The first kappa shape index (κ1) is 25.8. The van der Waals surface area contributed by atoms with Crippen molar-refractivity contribution in [3.63, 3.8) is 0 Å². The molecule has 2 unspecified atom stereocenters. The molecule has 1 aliphatic heterocycles. The fraction of sp³-hybridized carbons (Fsp3) is 0.0476. The third-order valence-electron chi connectivity index (χ3n) is 9.25. The van der Waals surface area contributed by atoms with Crippen molar-refractivity contribution in [3.05, 3.63) is 180 Å². The number of nitrogens with one attached hydrogen (secondary N) is 2. The van der Waals surface area contributed by atoms with Crippen LogP contribution in [0, 0.1) is 0 Å². The lowest BCUT2D eigenvalue weighted by molar-refractivity contribution is 0.442. The van der Waals surface area contributed by atoms with Crippen LogP contribution in [0.15, 0.2) is 164 Å². The first-order valence-corrected chi connectivity index (χ1v) is 15.6. The van der Waals surface area contributed by atoms with Crippen molar-refractivity contribution in [3.8, 4) is 5.69 Å². The number of rotatable bonds is 4. The maximum Gasteiger partial charge on any atom is 0.104 e. The van der Waals surface area contributed by atoms with Crippen LogP contribution in [0.1, 0.15) is 28.9 Å². The minimum atomic E-state index is -0.0458. The van der Waals surface area contributed by atoms with E-state index < -0.39 is 0 Å². The van der Waals surface area contributed by atoms with Crippen LogP contribution in [0.4, 0.5) is 0 Å². The van der Waals surface area contributed by atoms with Crippen molar-refractivity contribution in [2.75, 3.05) is 0 Å². The molecule has 3 nitrogen and oxygen atoms in total. The van der Waals surface area contributed by atoms with Gasteiger partial charge < -0.3 is 9.88 Å². The van der Waals surface area contributed by atoms with Gasteiger partial charge >= 0.3 is 0 Å². The van der Waals surface area contributed by atoms with Gasteiger partial charge in [-0.3, -0.25) is 5.32 Å². The average molecular weight is 578 g/mol. The maximum absolute atomic E-state index is 3.85. The summed E-state index contributed by atoms with van der Waals surface area (Å²) in [5.74, 6) is 0. The zero-order chi connectivity index (χ0) is 29.7. The van der Waals surface area contributed by atoms with Gasteiger partial charge in [-0.2, -0.15) is 0 Å². The van der Waals surface area contributed by atoms with Crippen LogP contribution < -0.4 is 10.6 Å². The standard InChI is InChI=1S/C42H31N3/c1-3-13-30(14-4-1)36-27-37(31-15-5-2-6-16-31)44-42(43-36)32-19-23-33(24-20-32)45-38-25-21-28-11-7-9-17-34(28)40(38)41-35-18-10-8-12-29(35)22-26-39(41)45/h1-27,36,42-44H. The molecule has 3 heteroatoms. The summed E-state index contributed by atoms with van der Waals surface area (Å²) in [5, 5.41) is 15.3. The summed E-state index contributed by atoms with van der Waals surface area (Å²) in [4.78, 5) is 0. The summed E-state index contributed by atoms with van der Waals surface area (Å²) in [7, 11) is 0. The minimum absolute atomic E-state index is 0.0458. The molecule has 2 heterocycles. The molecule has 0 fully saturated rings. The third-order valence-corrected chi connectivity index (χ3v) is 9.25. The van der Waals surface area contributed by atoms with Gasteiger partial charge in [-0.15, -0.1) is 0 Å². The fourth-order valence-electron chi connectivity index (χ4n) is 7.11. The molecular formula is C42H31N3. The molecule has 2 atom stereocenters. The van der Waals surface area contributed by atoms with E-state index in [2.05, 4.69) is 179 Å². The van der Waals surface area contributed by atoms with Gasteiger partial charge in [0.05, 0.1) is 17.1 Å². The lowest BCUT2D eigenvalue weighted by Crippen LogP contribution is -2.39. The van der Waals surface area contributed by atoms with Gasteiger partial charge in [0.2, 0.25) is 0 Å². The Kier molecular flexibility index (Phi) is 6.03. The lowest BCUT2D eigenvalue weighted by Gasteiger charge is -2.33. The highest BCUT2D eigenvalue weighted by Crippen LogP contribution is 2.40. The van der Waals surface area contributed by atoms with E-state index >= 15 is 0 Å². The zero-order valence-electron chi connectivity index (χ0n) is 24.7. The van der Waals surface area contributed by atoms with Crippen molar-refractivity contribution in [2.45, 2.75) is 12.2 Å². The second-order valence-electron chi connectivity index (χ2n) is 11.9. The molecule has 0 radical (unpaired) electrons. The molecule has 0 spiro atoms. The lowest BCUT2D eigenvalue weighted by atomic mass is 9.98. The van der Waals surface area contributed by atoms with Crippen LogP contribution in [0.25, 0.3) is 54.7 Å². The van der Waals surface area contributed by atoms with Crippen LogP contribution >= 0.6 is 0 Å². The highest BCUT2D eigenvalue weighted by atomic mass is 15.2. The van der Waals surface area contributed by atoms with E-state index in [1.165, 1.54) is 60.0 Å². The van der Waals surface area contributed by atoms with Crippen molar-refractivity contribution in [1.82, 2.24) is 15.2 Å². The van der Waals surface area contributed by atoms with Crippen LogP contribution in [0.2, 0.25) is 0 Å². The largest absolute Gasteiger partial charge is 0.366 e. The van der Waals surface area contributed by atoms with Crippen molar-refractivity contribution >= 4 is 49.0 Å². The third kappa shape index (κ3) is 4.32. The first-order chi connectivity index (χ1) is 22.3. The van der Waals surface area contributed by atoms with Gasteiger partial charge in [0.25, 0.3) is 0 Å². The fourth-order valence-corrected chi connectivity index (χ4v) is 7.11. The molecule has 0 aliphatic carbocycles. The van der Waals surface area contributed by atoms with Gasteiger partial charge in [-0.05, 0) is 68.6 Å². The highest BCUT2D eigenvalue weighted by Gasteiger charge is 2.24. The Balaban J connectivity index is 1.17. The number of fused-ring (bicyclic) bond motifs is 7. The summed E-state index contributed by atoms with van der Waals surface area (Å²) < 4.78 is 2.43. The average Bonchev–Trinajstić information content (AvgIpc) is 3.48. The topological polar surface area (TPSA) is 29.0 Å². The van der Waals surface area contributed by atoms with E-state index in [0.717, 1.165) is 11.4 Å². The molecular weight excluding hydrogens is 546 g/mol. The quantitative estimate of drug-likeness (QED) is 0.218. The van der Waals surface area contributed by atoms with E-state index in [1.54, 1.807) is 0 Å². The molecule has 7 aromatic carbocycles. The van der Waals surface area contributed by atoms with E-state index in [1.807, 2.05) is 0 Å². The van der Waals surface area contributed by atoms with Crippen LogP contribution in [0.3, 0.4) is 0 Å².